The van der Waals surface area contributed by atoms with E-state index in [-0.39, 0.29) is 5.56 Å². The molecule has 0 aliphatic rings. The fourth-order valence-electron chi connectivity index (χ4n) is 1.66. The molecule has 0 amide bonds. The third-order valence-electron chi connectivity index (χ3n) is 2.59. The van der Waals surface area contributed by atoms with Gasteiger partial charge in [-0.3, -0.25) is 0 Å². The molecule has 1 N–H and O–H groups in total. The van der Waals surface area contributed by atoms with Crippen LogP contribution in [0.2, 0.25) is 0 Å². The van der Waals surface area contributed by atoms with Gasteiger partial charge in [-0.1, -0.05) is 20.3 Å². The van der Waals surface area contributed by atoms with Gasteiger partial charge in [-0.2, -0.15) is 5.26 Å². The van der Waals surface area contributed by atoms with Crippen LogP contribution in [0, 0.1) is 17.1 Å². The van der Waals surface area contributed by atoms with E-state index in [2.05, 4.69) is 19.2 Å². The molecule has 1 atom stereocenters. The van der Waals surface area contributed by atoms with Crippen molar-refractivity contribution in [3.63, 3.8) is 0 Å². The molecule has 3 heteroatoms. The van der Waals surface area contributed by atoms with Crippen molar-refractivity contribution in [2.45, 2.75) is 39.2 Å². The molecule has 0 saturated carbocycles. The lowest BCUT2D eigenvalue weighted by atomic mass is 10.1. The number of nitrogens with zero attached hydrogens (tertiary/aromatic N) is 1. The quantitative estimate of drug-likeness (QED) is 0.821. The summed E-state index contributed by atoms with van der Waals surface area (Å²) >= 11 is 0. The van der Waals surface area contributed by atoms with Gasteiger partial charge in [0.15, 0.2) is 0 Å². The van der Waals surface area contributed by atoms with Crippen LogP contribution < -0.4 is 5.32 Å². The third kappa shape index (κ3) is 3.23. The molecular weight excluding hydrogens is 203 g/mol. The van der Waals surface area contributed by atoms with Gasteiger partial charge in [0.2, 0.25) is 0 Å². The van der Waals surface area contributed by atoms with E-state index in [0.29, 0.717) is 6.04 Å². The lowest BCUT2D eigenvalue weighted by Crippen LogP contribution is -2.17. The zero-order valence-corrected chi connectivity index (χ0v) is 9.76. The largest absolute Gasteiger partial charge is 0.382 e. The van der Waals surface area contributed by atoms with Crippen LogP contribution in [-0.4, -0.2) is 6.04 Å². The Balaban J connectivity index is 2.77. The molecule has 2 nitrogen and oxygen atoms in total. The molecular formula is C13H17FN2. The Kier molecular flexibility index (Phi) is 4.78. The highest BCUT2D eigenvalue weighted by molar-refractivity contribution is 5.50. The summed E-state index contributed by atoms with van der Waals surface area (Å²) in [7, 11) is 0. The standard InChI is InChI=1S/C13H17FN2/c1-3-5-11(4-2)16-12-6-7-13(14)10(8-12)9-15/h6-8,11,16H,3-5H2,1-2H3. The molecule has 0 spiro atoms. The molecule has 0 aliphatic heterocycles. The highest BCUT2D eigenvalue weighted by atomic mass is 19.1. The molecule has 0 aliphatic carbocycles. The molecule has 0 bridgehead atoms. The van der Waals surface area contributed by atoms with Crippen molar-refractivity contribution in [1.82, 2.24) is 0 Å². The maximum Gasteiger partial charge on any atom is 0.141 e. The summed E-state index contributed by atoms with van der Waals surface area (Å²) in [5.74, 6) is -0.461. The van der Waals surface area contributed by atoms with Crippen LogP contribution in [0.5, 0.6) is 0 Å². The predicted octanol–water partition coefficient (Wildman–Crippen LogP) is 3.69. The molecule has 0 aromatic heterocycles. The summed E-state index contributed by atoms with van der Waals surface area (Å²) in [4.78, 5) is 0. The second-order valence-electron chi connectivity index (χ2n) is 3.84. The van der Waals surface area contributed by atoms with Gasteiger partial charge in [-0.15, -0.1) is 0 Å². The molecule has 0 radical (unpaired) electrons. The van der Waals surface area contributed by atoms with Crippen molar-refractivity contribution in [3.05, 3.63) is 29.6 Å². The fraction of sp³-hybridized carbons (Fsp3) is 0.462. The average Bonchev–Trinajstić information content (AvgIpc) is 2.30. The zero-order chi connectivity index (χ0) is 12.0. The minimum absolute atomic E-state index is 0.0938. The first-order valence-corrected chi connectivity index (χ1v) is 5.67. The van der Waals surface area contributed by atoms with Crippen LogP contribution in [0.3, 0.4) is 0 Å². The fourth-order valence-corrected chi connectivity index (χ4v) is 1.66. The number of halogens is 1. The van der Waals surface area contributed by atoms with E-state index in [4.69, 9.17) is 5.26 Å². The van der Waals surface area contributed by atoms with E-state index in [0.717, 1.165) is 24.9 Å². The van der Waals surface area contributed by atoms with Crippen molar-refractivity contribution in [1.29, 1.82) is 5.26 Å². The first-order valence-electron chi connectivity index (χ1n) is 5.67. The molecule has 86 valence electrons. The van der Waals surface area contributed by atoms with Gasteiger partial charge in [-0.25, -0.2) is 4.39 Å². The first kappa shape index (κ1) is 12.5. The summed E-state index contributed by atoms with van der Waals surface area (Å²) in [6, 6.07) is 6.81. The van der Waals surface area contributed by atoms with Crippen LogP contribution in [0.15, 0.2) is 18.2 Å². The molecule has 0 fully saturated rings. The Bertz CT molecular complexity index is 382. The minimum Gasteiger partial charge on any atom is -0.382 e. The molecule has 0 saturated heterocycles. The first-order chi connectivity index (χ1) is 7.71. The number of nitriles is 1. The SMILES string of the molecule is CCCC(CC)Nc1ccc(F)c(C#N)c1. The van der Waals surface area contributed by atoms with Crippen LogP contribution >= 0.6 is 0 Å². The highest BCUT2D eigenvalue weighted by Gasteiger charge is 2.07. The van der Waals surface area contributed by atoms with E-state index >= 15 is 0 Å². The number of rotatable bonds is 5. The van der Waals surface area contributed by atoms with Gasteiger partial charge in [-0.05, 0) is 31.0 Å². The lowest BCUT2D eigenvalue weighted by Gasteiger charge is -2.17. The number of hydrogen-bond donors (Lipinski definition) is 1. The topological polar surface area (TPSA) is 35.8 Å². The van der Waals surface area contributed by atoms with Crippen molar-refractivity contribution in [2.24, 2.45) is 0 Å². The minimum atomic E-state index is -0.461. The maximum atomic E-state index is 13.1. The van der Waals surface area contributed by atoms with Gasteiger partial charge in [0, 0.05) is 11.7 Å². The molecule has 16 heavy (non-hydrogen) atoms. The normalized spacial score (nSPS) is 11.9. The lowest BCUT2D eigenvalue weighted by molar-refractivity contribution is 0.617. The average molecular weight is 220 g/mol. The van der Waals surface area contributed by atoms with Crippen molar-refractivity contribution < 1.29 is 4.39 Å². The van der Waals surface area contributed by atoms with Gasteiger partial charge >= 0.3 is 0 Å². The van der Waals surface area contributed by atoms with E-state index in [1.54, 1.807) is 12.1 Å². The molecule has 1 unspecified atom stereocenters. The molecule has 1 rings (SSSR count). The second-order valence-corrected chi connectivity index (χ2v) is 3.84. The number of nitrogens with one attached hydrogen (secondary N) is 1. The van der Waals surface area contributed by atoms with E-state index in [1.807, 2.05) is 6.07 Å². The van der Waals surface area contributed by atoms with Crippen molar-refractivity contribution in [2.75, 3.05) is 5.32 Å². The molecule has 1 aromatic rings. The summed E-state index contributed by atoms with van der Waals surface area (Å²) in [5, 5.41) is 12.0. The van der Waals surface area contributed by atoms with Crippen LogP contribution in [0.4, 0.5) is 10.1 Å². The van der Waals surface area contributed by atoms with Crippen LogP contribution in [0.1, 0.15) is 38.7 Å². The Morgan fingerprint density at radius 3 is 2.75 bits per heavy atom. The number of anilines is 1. The molecule has 1 aromatic carbocycles. The molecule has 0 heterocycles. The van der Waals surface area contributed by atoms with Crippen LogP contribution in [0.25, 0.3) is 0 Å². The van der Waals surface area contributed by atoms with Crippen molar-refractivity contribution in [3.8, 4) is 6.07 Å². The highest BCUT2D eigenvalue weighted by Crippen LogP contribution is 2.17. The monoisotopic (exact) mass is 220 g/mol. The Morgan fingerprint density at radius 1 is 1.44 bits per heavy atom. The Hall–Kier alpha value is -1.56. The van der Waals surface area contributed by atoms with E-state index in [1.165, 1.54) is 6.07 Å². The van der Waals surface area contributed by atoms with Crippen molar-refractivity contribution >= 4 is 5.69 Å². The smallest absolute Gasteiger partial charge is 0.141 e. The summed E-state index contributed by atoms with van der Waals surface area (Å²) in [6.07, 6.45) is 3.21. The summed E-state index contributed by atoms with van der Waals surface area (Å²) in [6.45, 7) is 4.25. The number of benzene rings is 1. The van der Waals surface area contributed by atoms with Gasteiger partial charge in [0.05, 0.1) is 5.56 Å². The number of hydrogen-bond acceptors (Lipinski definition) is 2. The van der Waals surface area contributed by atoms with Gasteiger partial charge in [0.25, 0.3) is 0 Å². The van der Waals surface area contributed by atoms with E-state index in [9.17, 15) is 4.39 Å². The zero-order valence-electron chi connectivity index (χ0n) is 9.76. The van der Waals surface area contributed by atoms with Crippen LogP contribution in [-0.2, 0) is 0 Å². The predicted molar refractivity (Wildman–Crippen MR) is 63.7 cm³/mol. The Morgan fingerprint density at radius 2 is 2.19 bits per heavy atom. The second kappa shape index (κ2) is 6.12. The van der Waals surface area contributed by atoms with Gasteiger partial charge in [0.1, 0.15) is 11.9 Å². The van der Waals surface area contributed by atoms with Gasteiger partial charge < -0.3 is 5.32 Å². The maximum absolute atomic E-state index is 13.1. The summed E-state index contributed by atoms with van der Waals surface area (Å²) < 4.78 is 13.1. The summed E-state index contributed by atoms with van der Waals surface area (Å²) in [5.41, 5.74) is 0.912. The van der Waals surface area contributed by atoms with E-state index < -0.39 is 5.82 Å². The third-order valence-corrected chi connectivity index (χ3v) is 2.59. The Labute approximate surface area is 96.1 Å².